The topological polar surface area (TPSA) is 87.1 Å². The molecule has 3 unspecified atom stereocenters. The van der Waals surface area contributed by atoms with Crippen molar-refractivity contribution in [1.29, 1.82) is 0 Å². The summed E-state index contributed by atoms with van der Waals surface area (Å²) >= 11 is 1.63. The number of rotatable bonds is 13. The Morgan fingerprint density at radius 3 is 2.53 bits per heavy atom. The lowest BCUT2D eigenvalue weighted by Gasteiger charge is -2.42. The van der Waals surface area contributed by atoms with Crippen molar-refractivity contribution in [3.63, 3.8) is 0 Å². The molecule has 202 valence electrons. The van der Waals surface area contributed by atoms with E-state index in [9.17, 15) is 19.5 Å². The molecule has 0 radical (unpaired) electrons. The van der Waals surface area contributed by atoms with Gasteiger partial charge in [-0.1, -0.05) is 39.3 Å². The Hall–Kier alpha value is -1.80. The standard InChI is InChI=1S/C28H44N2O5S/c1-8-11-16-35-26(34)22-21-24(32)30(20(17-31)18(4)5)23(28(21)14-13-27(22,7)36-28)25(33)29(15-10-3)19(6)12-9-2/h8,10,18-23,31H,1,3,9,11-17H2,2,4-7H3/t19?,20-,21-,22-,23?,27+,28?/m0/s1. The third-order valence-corrected chi connectivity index (χ3v) is 10.4. The summed E-state index contributed by atoms with van der Waals surface area (Å²) < 4.78 is 4.41. The molecule has 1 spiro atoms. The summed E-state index contributed by atoms with van der Waals surface area (Å²) in [7, 11) is 0. The van der Waals surface area contributed by atoms with Crippen molar-refractivity contribution in [1.82, 2.24) is 9.80 Å². The first kappa shape index (κ1) is 28.8. The Morgan fingerprint density at radius 1 is 1.28 bits per heavy atom. The largest absolute Gasteiger partial charge is 0.465 e. The van der Waals surface area contributed by atoms with Crippen molar-refractivity contribution in [3.8, 4) is 0 Å². The normalized spacial score (nSPS) is 32.4. The van der Waals surface area contributed by atoms with Crippen molar-refractivity contribution in [2.45, 2.75) is 94.3 Å². The van der Waals surface area contributed by atoms with Gasteiger partial charge in [0.05, 0.1) is 35.8 Å². The molecule has 3 aliphatic heterocycles. The number of likely N-dealkylation sites (tertiary alicyclic amines) is 1. The van der Waals surface area contributed by atoms with Gasteiger partial charge >= 0.3 is 5.97 Å². The van der Waals surface area contributed by atoms with Gasteiger partial charge in [0.2, 0.25) is 11.8 Å². The zero-order chi connectivity index (χ0) is 26.8. The molecule has 1 N–H and O–H groups in total. The fraction of sp³-hybridized carbons (Fsp3) is 0.750. The molecule has 7 atom stereocenters. The van der Waals surface area contributed by atoms with Crippen LogP contribution in [0.2, 0.25) is 0 Å². The number of nitrogens with zero attached hydrogens (tertiary/aromatic N) is 2. The number of carbonyl (C=O) groups is 3. The average Bonchev–Trinajstić information content (AvgIpc) is 3.39. The number of esters is 1. The number of aliphatic hydroxyl groups excluding tert-OH is 1. The first-order valence-corrected chi connectivity index (χ1v) is 14.2. The summed E-state index contributed by atoms with van der Waals surface area (Å²) in [5.74, 6) is -2.01. The second kappa shape index (κ2) is 11.3. The Balaban J connectivity index is 2.11. The van der Waals surface area contributed by atoms with Crippen LogP contribution in [0, 0.1) is 17.8 Å². The molecule has 8 heteroatoms. The molecule has 3 aliphatic rings. The van der Waals surface area contributed by atoms with E-state index in [1.807, 2.05) is 32.6 Å². The van der Waals surface area contributed by atoms with Crippen molar-refractivity contribution < 1.29 is 24.2 Å². The molecule has 7 nitrogen and oxygen atoms in total. The van der Waals surface area contributed by atoms with E-state index in [-0.39, 0.29) is 43.0 Å². The zero-order valence-electron chi connectivity index (χ0n) is 22.6. The van der Waals surface area contributed by atoms with E-state index < -0.39 is 33.4 Å². The summed E-state index contributed by atoms with van der Waals surface area (Å²) in [4.78, 5) is 45.5. The number of thioether (sulfide) groups is 1. The fourth-order valence-electron chi connectivity index (χ4n) is 6.67. The van der Waals surface area contributed by atoms with E-state index in [2.05, 4.69) is 20.1 Å². The molecular formula is C28H44N2O5S. The van der Waals surface area contributed by atoms with E-state index in [4.69, 9.17) is 4.74 Å². The molecule has 2 amide bonds. The third kappa shape index (κ3) is 4.64. The molecule has 0 aromatic heterocycles. The molecule has 0 aromatic carbocycles. The lowest BCUT2D eigenvalue weighted by molar-refractivity contribution is -0.156. The fourth-order valence-corrected chi connectivity index (χ4v) is 8.99. The van der Waals surface area contributed by atoms with Crippen molar-refractivity contribution in [2.24, 2.45) is 17.8 Å². The van der Waals surface area contributed by atoms with Crippen LogP contribution in [0.3, 0.4) is 0 Å². The quantitative estimate of drug-likeness (QED) is 0.226. The lowest BCUT2D eigenvalue weighted by Crippen LogP contribution is -2.59. The lowest BCUT2D eigenvalue weighted by atomic mass is 9.66. The van der Waals surface area contributed by atoms with E-state index in [0.717, 1.165) is 19.3 Å². The predicted molar refractivity (Wildman–Crippen MR) is 143 cm³/mol. The Bertz CT molecular complexity index is 878. The second-order valence-electron chi connectivity index (χ2n) is 11.1. The maximum atomic E-state index is 14.4. The van der Waals surface area contributed by atoms with E-state index >= 15 is 0 Å². The van der Waals surface area contributed by atoms with Crippen LogP contribution < -0.4 is 0 Å². The van der Waals surface area contributed by atoms with Gasteiger partial charge in [-0.2, -0.15) is 0 Å². The minimum Gasteiger partial charge on any atom is -0.465 e. The smallest absolute Gasteiger partial charge is 0.311 e. The van der Waals surface area contributed by atoms with Crippen LogP contribution in [0.1, 0.15) is 66.7 Å². The molecule has 36 heavy (non-hydrogen) atoms. The summed E-state index contributed by atoms with van der Waals surface area (Å²) in [5, 5.41) is 10.4. The number of hydrogen-bond acceptors (Lipinski definition) is 6. The first-order valence-electron chi connectivity index (χ1n) is 13.4. The van der Waals surface area contributed by atoms with Gasteiger partial charge in [0.1, 0.15) is 6.04 Å². The number of amides is 2. The number of ether oxygens (including phenoxy) is 1. The van der Waals surface area contributed by atoms with Gasteiger partial charge in [0.15, 0.2) is 0 Å². The van der Waals surface area contributed by atoms with Crippen molar-refractivity contribution in [3.05, 3.63) is 25.3 Å². The SMILES string of the molecule is C=CCCOC(=O)[C@@H]1[C@H]2C(=O)N([C@@H](CO)C(C)C)C(C(=O)N(CC=C)C(C)CCC)C23CC[C@@]1(C)S3. The summed E-state index contributed by atoms with van der Waals surface area (Å²) in [6.45, 7) is 18.0. The predicted octanol–water partition coefficient (Wildman–Crippen LogP) is 3.81. The van der Waals surface area contributed by atoms with Crippen LogP contribution in [0.25, 0.3) is 0 Å². The Labute approximate surface area is 220 Å². The van der Waals surface area contributed by atoms with Crippen LogP contribution in [0.5, 0.6) is 0 Å². The summed E-state index contributed by atoms with van der Waals surface area (Å²) in [6.07, 6.45) is 7.15. The van der Waals surface area contributed by atoms with E-state index in [0.29, 0.717) is 19.4 Å². The Kier molecular flexibility index (Phi) is 9.03. The molecule has 0 aromatic rings. The van der Waals surface area contributed by atoms with Gasteiger partial charge in [-0.25, -0.2) is 0 Å². The number of hydrogen-bond donors (Lipinski definition) is 1. The molecule has 3 heterocycles. The maximum Gasteiger partial charge on any atom is 0.311 e. The second-order valence-corrected chi connectivity index (χ2v) is 13.0. The van der Waals surface area contributed by atoms with Crippen LogP contribution in [0.4, 0.5) is 0 Å². The minimum atomic E-state index is -0.744. The van der Waals surface area contributed by atoms with Gasteiger partial charge in [0.25, 0.3) is 0 Å². The molecule has 0 aliphatic carbocycles. The first-order chi connectivity index (χ1) is 17.0. The number of fused-ring (bicyclic) bond motifs is 1. The minimum absolute atomic E-state index is 0.0154. The molecule has 3 saturated heterocycles. The van der Waals surface area contributed by atoms with Gasteiger partial charge in [-0.05, 0) is 45.4 Å². The molecule has 2 bridgehead atoms. The van der Waals surface area contributed by atoms with E-state index in [1.54, 1.807) is 28.8 Å². The van der Waals surface area contributed by atoms with Crippen LogP contribution in [-0.4, -0.2) is 80.1 Å². The summed E-state index contributed by atoms with van der Waals surface area (Å²) in [6, 6.07) is -1.27. The Morgan fingerprint density at radius 2 is 1.97 bits per heavy atom. The maximum absolute atomic E-state index is 14.4. The number of carbonyl (C=O) groups excluding carboxylic acids is 3. The highest BCUT2D eigenvalue weighted by Gasteiger charge is 2.78. The monoisotopic (exact) mass is 520 g/mol. The summed E-state index contributed by atoms with van der Waals surface area (Å²) in [5.41, 5.74) is 0. The highest BCUT2D eigenvalue weighted by molar-refractivity contribution is 8.02. The van der Waals surface area contributed by atoms with Gasteiger partial charge in [-0.15, -0.1) is 24.9 Å². The van der Waals surface area contributed by atoms with Gasteiger partial charge in [-0.3, -0.25) is 14.4 Å². The third-order valence-electron chi connectivity index (χ3n) is 8.43. The van der Waals surface area contributed by atoms with E-state index in [1.165, 1.54) is 0 Å². The molecule has 3 rings (SSSR count). The van der Waals surface area contributed by atoms with Crippen LogP contribution in [-0.2, 0) is 19.1 Å². The molecule has 3 fully saturated rings. The van der Waals surface area contributed by atoms with Crippen LogP contribution in [0.15, 0.2) is 25.3 Å². The zero-order valence-corrected chi connectivity index (χ0v) is 23.4. The van der Waals surface area contributed by atoms with Crippen LogP contribution >= 0.6 is 11.8 Å². The van der Waals surface area contributed by atoms with Gasteiger partial charge in [0, 0.05) is 17.3 Å². The average molecular weight is 521 g/mol. The highest BCUT2D eigenvalue weighted by atomic mass is 32.2. The van der Waals surface area contributed by atoms with Crippen molar-refractivity contribution >= 4 is 29.5 Å². The molecular weight excluding hydrogens is 476 g/mol. The molecule has 0 saturated carbocycles. The number of aliphatic hydroxyl groups is 1. The van der Waals surface area contributed by atoms with Gasteiger partial charge < -0.3 is 19.6 Å². The highest BCUT2D eigenvalue weighted by Crippen LogP contribution is 2.72. The van der Waals surface area contributed by atoms with Crippen molar-refractivity contribution in [2.75, 3.05) is 19.8 Å².